The molecule has 0 aromatic carbocycles. The summed E-state index contributed by atoms with van der Waals surface area (Å²) in [6.45, 7) is 3.32. The van der Waals surface area contributed by atoms with E-state index in [1.165, 1.54) is 12.8 Å². The average molecular weight is 183 g/mol. The molecule has 0 bridgehead atoms. The molecule has 0 aromatic rings. The third-order valence-electron chi connectivity index (χ3n) is 2.24. The number of nitrogens with zero attached hydrogens (tertiary/aromatic N) is 1. The van der Waals surface area contributed by atoms with Gasteiger partial charge in [0.25, 0.3) is 0 Å². The molecule has 0 amide bonds. The van der Waals surface area contributed by atoms with E-state index in [0.717, 1.165) is 18.7 Å². The minimum absolute atomic E-state index is 0.216. The zero-order valence-electron chi connectivity index (χ0n) is 8.38. The Kier molecular flexibility index (Phi) is 3.80. The van der Waals surface area contributed by atoms with Crippen LogP contribution in [0, 0.1) is 0 Å². The lowest BCUT2D eigenvalue weighted by molar-refractivity contribution is -0.137. The second-order valence-electron chi connectivity index (χ2n) is 3.27. The van der Waals surface area contributed by atoms with Crippen LogP contribution in [0.1, 0.15) is 26.2 Å². The van der Waals surface area contributed by atoms with Gasteiger partial charge in [-0.15, -0.1) is 0 Å². The summed E-state index contributed by atoms with van der Waals surface area (Å²) in [5.74, 6) is -0.216. The van der Waals surface area contributed by atoms with Crippen LogP contribution in [0.5, 0.6) is 0 Å². The predicted molar refractivity (Wildman–Crippen MR) is 51.2 cm³/mol. The molecular weight excluding hydrogens is 166 g/mol. The van der Waals surface area contributed by atoms with E-state index < -0.39 is 0 Å². The van der Waals surface area contributed by atoms with Crippen molar-refractivity contribution in [1.82, 2.24) is 4.90 Å². The average Bonchev–Trinajstić information content (AvgIpc) is 2.09. The van der Waals surface area contributed by atoms with Crippen LogP contribution in [0.15, 0.2) is 11.8 Å². The van der Waals surface area contributed by atoms with Gasteiger partial charge in [-0.25, -0.2) is 4.79 Å². The first-order chi connectivity index (χ1) is 6.24. The minimum atomic E-state index is -0.216. The van der Waals surface area contributed by atoms with Crippen LogP contribution >= 0.6 is 0 Å². The Balaban J connectivity index is 2.52. The topological polar surface area (TPSA) is 29.5 Å². The third kappa shape index (κ3) is 3.09. The van der Waals surface area contributed by atoms with Gasteiger partial charge in [-0.1, -0.05) is 0 Å². The van der Waals surface area contributed by atoms with Crippen molar-refractivity contribution >= 4 is 5.97 Å². The van der Waals surface area contributed by atoms with Gasteiger partial charge in [-0.3, -0.25) is 0 Å². The largest absolute Gasteiger partial charge is 0.463 e. The molecule has 0 N–H and O–H groups in total. The number of rotatable bonds is 2. The number of carbonyl (C=O) groups is 1. The van der Waals surface area contributed by atoms with Gasteiger partial charge < -0.3 is 9.64 Å². The number of likely N-dealkylation sites (tertiary alicyclic amines) is 1. The van der Waals surface area contributed by atoms with Crippen molar-refractivity contribution in [2.75, 3.05) is 20.2 Å². The number of allylic oxidation sites excluding steroid dienone is 1. The Bertz CT molecular complexity index is 211. The molecular formula is C10H17NO2. The van der Waals surface area contributed by atoms with Crippen molar-refractivity contribution in [3.63, 3.8) is 0 Å². The van der Waals surface area contributed by atoms with Gasteiger partial charge in [0.2, 0.25) is 0 Å². The highest BCUT2D eigenvalue weighted by Gasteiger charge is 2.12. The normalized spacial score (nSPS) is 20.5. The molecule has 3 nitrogen and oxygen atoms in total. The monoisotopic (exact) mass is 183 g/mol. The van der Waals surface area contributed by atoms with E-state index in [1.54, 1.807) is 6.08 Å². The van der Waals surface area contributed by atoms with Crippen molar-refractivity contribution < 1.29 is 9.53 Å². The maximum atomic E-state index is 11.1. The van der Waals surface area contributed by atoms with Crippen LogP contribution < -0.4 is 0 Å². The molecule has 1 saturated heterocycles. The van der Waals surface area contributed by atoms with Gasteiger partial charge in [-0.2, -0.15) is 0 Å². The summed E-state index contributed by atoms with van der Waals surface area (Å²) in [5.41, 5.74) is 1.10. The molecule has 3 heteroatoms. The second kappa shape index (κ2) is 4.90. The van der Waals surface area contributed by atoms with E-state index in [9.17, 15) is 4.79 Å². The first kappa shape index (κ1) is 10.1. The molecule has 13 heavy (non-hydrogen) atoms. The maximum absolute atomic E-state index is 11.1. The summed E-state index contributed by atoms with van der Waals surface area (Å²) in [5, 5.41) is 0. The number of hydrogen-bond donors (Lipinski definition) is 0. The summed E-state index contributed by atoms with van der Waals surface area (Å²) in [4.78, 5) is 13.3. The molecule has 0 atom stereocenters. The number of ether oxygens (including phenoxy) is 1. The number of carbonyl (C=O) groups excluding carboxylic acids is 1. The van der Waals surface area contributed by atoms with Crippen LogP contribution in [0.25, 0.3) is 0 Å². The van der Waals surface area contributed by atoms with Gasteiger partial charge in [0.05, 0.1) is 6.61 Å². The van der Waals surface area contributed by atoms with Crippen LogP contribution in [0.3, 0.4) is 0 Å². The van der Waals surface area contributed by atoms with Crippen molar-refractivity contribution in [2.45, 2.75) is 26.2 Å². The molecule has 0 saturated carbocycles. The first-order valence-corrected chi connectivity index (χ1v) is 4.82. The van der Waals surface area contributed by atoms with Crippen molar-refractivity contribution in [3.05, 3.63) is 11.8 Å². The van der Waals surface area contributed by atoms with Gasteiger partial charge in [0.1, 0.15) is 0 Å². The molecule has 0 radical (unpaired) electrons. The summed E-state index contributed by atoms with van der Waals surface area (Å²) >= 11 is 0. The van der Waals surface area contributed by atoms with Crippen molar-refractivity contribution in [2.24, 2.45) is 0 Å². The summed E-state index contributed by atoms with van der Waals surface area (Å²) in [6, 6.07) is 0. The summed E-state index contributed by atoms with van der Waals surface area (Å²) in [7, 11) is 2.02. The van der Waals surface area contributed by atoms with E-state index in [1.807, 2.05) is 14.0 Å². The van der Waals surface area contributed by atoms with Crippen LogP contribution in [0.4, 0.5) is 0 Å². The van der Waals surface area contributed by atoms with Gasteiger partial charge in [-0.05, 0) is 26.2 Å². The number of piperidine rings is 1. The lowest BCUT2D eigenvalue weighted by atomic mass is 10.1. The van der Waals surface area contributed by atoms with E-state index >= 15 is 0 Å². The lowest BCUT2D eigenvalue weighted by Gasteiger charge is -2.27. The molecule has 1 rings (SSSR count). The molecule has 1 heterocycles. The minimum Gasteiger partial charge on any atom is -0.463 e. The SMILES string of the molecule is CCOC(=O)/C=C1/CCCCN1C. The predicted octanol–water partition coefficient (Wildman–Crippen LogP) is 1.55. The zero-order chi connectivity index (χ0) is 9.68. The Labute approximate surface area is 79.4 Å². The van der Waals surface area contributed by atoms with E-state index in [-0.39, 0.29) is 5.97 Å². The fraction of sp³-hybridized carbons (Fsp3) is 0.700. The highest BCUT2D eigenvalue weighted by Crippen LogP contribution is 2.18. The smallest absolute Gasteiger partial charge is 0.332 e. The zero-order valence-corrected chi connectivity index (χ0v) is 8.38. The van der Waals surface area contributed by atoms with E-state index in [2.05, 4.69) is 4.90 Å². The Morgan fingerprint density at radius 3 is 3.00 bits per heavy atom. The molecule has 0 unspecified atom stereocenters. The Hall–Kier alpha value is -0.990. The Morgan fingerprint density at radius 2 is 2.38 bits per heavy atom. The van der Waals surface area contributed by atoms with E-state index in [4.69, 9.17) is 4.74 Å². The highest BCUT2D eigenvalue weighted by molar-refractivity contribution is 5.82. The molecule has 0 spiro atoms. The summed E-state index contributed by atoms with van der Waals surface area (Å²) in [6.07, 6.45) is 5.00. The van der Waals surface area contributed by atoms with Gasteiger partial charge in [0.15, 0.2) is 0 Å². The van der Waals surface area contributed by atoms with Crippen LogP contribution in [-0.4, -0.2) is 31.1 Å². The van der Waals surface area contributed by atoms with E-state index in [0.29, 0.717) is 6.61 Å². The standard InChI is InChI=1S/C10H17NO2/c1-3-13-10(12)8-9-6-4-5-7-11(9)2/h8H,3-7H2,1-2H3/b9-8-. The number of esters is 1. The van der Waals surface area contributed by atoms with Crippen molar-refractivity contribution in [1.29, 1.82) is 0 Å². The fourth-order valence-corrected chi connectivity index (χ4v) is 1.49. The van der Waals surface area contributed by atoms with Gasteiger partial charge in [0, 0.05) is 25.4 Å². The fourth-order valence-electron chi connectivity index (χ4n) is 1.49. The molecule has 1 fully saturated rings. The summed E-state index contributed by atoms with van der Waals surface area (Å²) < 4.78 is 4.85. The molecule has 1 aliphatic heterocycles. The third-order valence-corrected chi connectivity index (χ3v) is 2.24. The molecule has 1 aliphatic rings. The molecule has 0 aromatic heterocycles. The quantitative estimate of drug-likeness (QED) is 0.480. The van der Waals surface area contributed by atoms with Crippen LogP contribution in [-0.2, 0) is 9.53 Å². The van der Waals surface area contributed by atoms with Gasteiger partial charge >= 0.3 is 5.97 Å². The maximum Gasteiger partial charge on any atom is 0.332 e. The first-order valence-electron chi connectivity index (χ1n) is 4.82. The van der Waals surface area contributed by atoms with Crippen molar-refractivity contribution in [3.8, 4) is 0 Å². The Morgan fingerprint density at radius 1 is 1.62 bits per heavy atom. The highest BCUT2D eigenvalue weighted by atomic mass is 16.5. The second-order valence-corrected chi connectivity index (χ2v) is 3.27. The molecule has 74 valence electrons. The lowest BCUT2D eigenvalue weighted by Crippen LogP contribution is -2.24. The number of hydrogen-bond acceptors (Lipinski definition) is 3. The van der Waals surface area contributed by atoms with Crippen LogP contribution in [0.2, 0.25) is 0 Å². The molecule has 0 aliphatic carbocycles.